The molecule has 3 aromatic rings. The average molecular weight is 391 g/mol. The Bertz CT molecular complexity index is 1070. The van der Waals surface area contributed by atoms with Crippen LogP contribution in [0.2, 0.25) is 0 Å². The summed E-state index contributed by atoms with van der Waals surface area (Å²) >= 11 is 0. The molecule has 2 aromatic heterocycles. The molecule has 2 heterocycles. The van der Waals surface area contributed by atoms with Crippen LogP contribution < -0.4 is 5.32 Å². The van der Waals surface area contributed by atoms with Gasteiger partial charge in [0.05, 0.1) is 23.0 Å². The first-order valence-corrected chi connectivity index (χ1v) is 10.5. The number of H-pyrrole nitrogens is 1. The molecule has 1 aromatic carbocycles. The summed E-state index contributed by atoms with van der Waals surface area (Å²) in [5.41, 5.74) is 2.72. The molecule has 8 heteroatoms. The van der Waals surface area contributed by atoms with E-state index < -0.39 is 0 Å². The highest BCUT2D eigenvalue weighted by Crippen LogP contribution is 2.60. The Labute approximate surface area is 168 Å². The number of tetrazole rings is 1. The predicted molar refractivity (Wildman–Crippen MR) is 106 cm³/mol. The van der Waals surface area contributed by atoms with Crippen LogP contribution in [0.25, 0.3) is 11.0 Å². The monoisotopic (exact) mass is 391 g/mol. The Hall–Kier alpha value is -2.77. The summed E-state index contributed by atoms with van der Waals surface area (Å²) in [6, 6.07) is 6.02. The molecule has 1 amide bonds. The van der Waals surface area contributed by atoms with Crippen molar-refractivity contribution in [1.29, 1.82) is 0 Å². The van der Waals surface area contributed by atoms with Gasteiger partial charge in [-0.1, -0.05) is 6.07 Å². The number of hydrogen-bond donors (Lipinski definition) is 2. The molecule has 0 radical (unpaired) electrons. The van der Waals surface area contributed by atoms with Crippen molar-refractivity contribution in [2.24, 2.45) is 11.8 Å². The smallest absolute Gasteiger partial charge is 0.224 e. The highest BCUT2D eigenvalue weighted by atomic mass is 16.1. The summed E-state index contributed by atoms with van der Waals surface area (Å²) in [5.74, 6) is 2.25. The molecule has 29 heavy (non-hydrogen) atoms. The van der Waals surface area contributed by atoms with Crippen LogP contribution in [-0.2, 0) is 16.8 Å². The molecular formula is C21H25N7O. The topological polar surface area (TPSA) is 101 Å². The lowest BCUT2D eigenvalue weighted by molar-refractivity contribution is -0.130. The first-order valence-electron chi connectivity index (χ1n) is 10.5. The number of amides is 1. The van der Waals surface area contributed by atoms with Gasteiger partial charge in [0.2, 0.25) is 5.91 Å². The van der Waals surface area contributed by atoms with Crippen molar-refractivity contribution in [1.82, 2.24) is 35.5 Å². The number of nitrogens with one attached hydrogen (secondary N) is 2. The zero-order chi connectivity index (χ0) is 19.6. The molecule has 4 saturated carbocycles. The minimum atomic E-state index is -0.135. The molecule has 150 valence electrons. The van der Waals surface area contributed by atoms with Crippen molar-refractivity contribution in [3.05, 3.63) is 35.9 Å². The number of benzene rings is 1. The Morgan fingerprint density at radius 1 is 1.28 bits per heavy atom. The molecule has 2 N–H and O–H groups in total. The van der Waals surface area contributed by atoms with E-state index in [0.29, 0.717) is 18.3 Å². The minimum absolute atomic E-state index is 0.0831. The summed E-state index contributed by atoms with van der Waals surface area (Å²) in [7, 11) is 0. The zero-order valence-corrected chi connectivity index (χ0v) is 16.6. The van der Waals surface area contributed by atoms with Gasteiger partial charge in [-0.05, 0) is 80.2 Å². The van der Waals surface area contributed by atoms with E-state index in [1.54, 1.807) is 0 Å². The van der Waals surface area contributed by atoms with Crippen LogP contribution in [0.3, 0.4) is 0 Å². The number of fused-ring (bicyclic) bond motifs is 1. The van der Waals surface area contributed by atoms with Gasteiger partial charge in [-0.2, -0.15) is 4.80 Å². The second-order valence-corrected chi connectivity index (χ2v) is 9.59. The molecular weight excluding hydrogens is 366 g/mol. The molecule has 4 bridgehead atoms. The van der Waals surface area contributed by atoms with Gasteiger partial charge < -0.3 is 10.3 Å². The van der Waals surface area contributed by atoms with Crippen molar-refractivity contribution in [3.63, 3.8) is 0 Å². The van der Waals surface area contributed by atoms with Crippen LogP contribution >= 0.6 is 0 Å². The van der Waals surface area contributed by atoms with Crippen LogP contribution in [0, 0.1) is 18.8 Å². The number of carbonyl (C=O) groups is 1. The summed E-state index contributed by atoms with van der Waals surface area (Å²) in [6.07, 6.45) is 8.45. The Balaban J connectivity index is 1.24. The number of aryl methyl sites for hydroxylation is 1. The fraction of sp³-hybridized carbons (Fsp3) is 0.571. The third-order valence-electron chi connectivity index (χ3n) is 7.24. The summed E-state index contributed by atoms with van der Waals surface area (Å²) in [5, 5.41) is 16.0. The second kappa shape index (κ2) is 5.87. The number of aromatic amines is 1. The van der Waals surface area contributed by atoms with E-state index >= 15 is 0 Å². The lowest BCUT2D eigenvalue weighted by Gasteiger charge is -2.61. The SMILES string of the molecule is Cc1nc2ccc(CC(=O)NC34CC5CC(C3)CC(n3ncnn3)(C5)C4)cc2[nH]1. The average Bonchev–Trinajstić information content (AvgIpc) is 3.28. The number of hydrogen-bond acceptors (Lipinski definition) is 5. The van der Waals surface area contributed by atoms with Crippen molar-refractivity contribution in [2.75, 3.05) is 0 Å². The van der Waals surface area contributed by atoms with Gasteiger partial charge in [-0.15, -0.1) is 10.2 Å². The van der Waals surface area contributed by atoms with Gasteiger partial charge in [0, 0.05) is 5.54 Å². The Morgan fingerprint density at radius 3 is 2.86 bits per heavy atom. The van der Waals surface area contributed by atoms with E-state index in [-0.39, 0.29) is 17.0 Å². The molecule has 8 nitrogen and oxygen atoms in total. The zero-order valence-electron chi connectivity index (χ0n) is 16.6. The van der Waals surface area contributed by atoms with E-state index in [2.05, 4.69) is 30.7 Å². The standard InChI is InChI=1S/C21H25N7O/c1-13-24-17-3-2-14(5-18(17)25-13)6-19(29)26-20-7-15-4-16(8-20)10-21(9-15,11-20)28-23-12-22-27-28/h2-3,5,12,15-16H,4,6-11H2,1H3,(H,24,25)(H,26,29). The molecule has 0 saturated heterocycles. The minimum Gasteiger partial charge on any atom is -0.350 e. The van der Waals surface area contributed by atoms with E-state index in [9.17, 15) is 4.79 Å². The lowest BCUT2D eigenvalue weighted by atomic mass is 9.50. The van der Waals surface area contributed by atoms with Crippen LogP contribution in [0.4, 0.5) is 0 Å². The number of nitrogens with zero attached hydrogens (tertiary/aromatic N) is 5. The van der Waals surface area contributed by atoms with E-state index in [1.165, 1.54) is 12.7 Å². The van der Waals surface area contributed by atoms with Gasteiger partial charge in [-0.3, -0.25) is 4.79 Å². The second-order valence-electron chi connectivity index (χ2n) is 9.59. The molecule has 4 fully saturated rings. The van der Waals surface area contributed by atoms with Crippen molar-refractivity contribution in [3.8, 4) is 0 Å². The van der Waals surface area contributed by atoms with Crippen LogP contribution in [0.15, 0.2) is 24.5 Å². The normalized spacial score (nSPS) is 32.7. The van der Waals surface area contributed by atoms with Gasteiger partial charge in [0.25, 0.3) is 0 Å². The van der Waals surface area contributed by atoms with E-state index in [4.69, 9.17) is 0 Å². The molecule has 2 unspecified atom stereocenters. The number of imidazole rings is 1. The maximum atomic E-state index is 13.0. The van der Waals surface area contributed by atoms with Gasteiger partial charge >= 0.3 is 0 Å². The number of aromatic nitrogens is 6. The highest BCUT2D eigenvalue weighted by Gasteiger charge is 2.60. The van der Waals surface area contributed by atoms with Crippen LogP contribution in [0.5, 0.6) is 0 Å². The summed E-state index contributed by atoms with van der Waals surface area (Å²) in [4.78, 5) is 22.6. The highest BCUT2D eigenvalue weighted by molar-refractivity contribution is 5.82. The maximum Gasteiger partial charge on any atom is 0.224 e. The first-order chi connectivity index (χ1) is 14.0. The lowest BCUT2D eigenvalue weighted by Crippen LogP contribution is -2.66. The van der Waals surface area contributed by atoms with E-state index in [0.717, 1.165) is 54.5 Å². The number of rotatable bonds is 4. The van der Waals surface area contributed by atoms with Crippen LogP contribution in [-0.4, -0.2) is 41.6 Å². The van der Waals surface area contributed by atoms with Crippen LogP contribution in [0.1, 0.15) is 49.9 Å². The predicted octanol–water partition coefficient (Wildman–Crippen LogP) is 2.26. The third kappa shape index (κ3) is 2.76. The quantitative estimate of drug-likeness (QED) is 0.710. The van der Waals surface area contributed by atoms with Crippen molar-refractivity contribution in [2.45, 2.75) is 62.9 Å². The molecule has 4 aliphatic carbocycles. The largest absolute Gasteiger partial charge is 0.350 e. The maximum absolute atomic E-state index is 13.0. The van der Waals surface area contributed by atoms with Gasteiger partial charge in [0.1, 0.15) is 5.82 Å². The first kappa shape index (κ1) is 17.1. The Kier molecular flexibility index (Phi) is 3.47. The summed E-state index contributed by atoms with van der Waals surface area (Å²) < 4.78 is 0. The molecule has 0 spiro atoms. The van der Waals surface area contributed by atoms with Gasteiger partial charge in [-0.25, -0.2) is 4.98 Å². The van der Waals surface area contributed by atoms with E-state index in [1.807, 2.05) is 29.9 Å². The fourth-order valence-corrected chi connectivity index (χ4v) is 6.80. The molecule has 2 atom stereocenters. The Morgan fingerprint density at radius 2 is 2.10 bits per heavy atom. The molecule has 7 rings (SSSR count). The summed E-state index contributed by atoms with van der Waals surface area (Å²) in [6.45, 7) is 1.94. The third-order valence-corrected chi connectivity index (χ3v) is 7.24. The van der Waals surface area contributed by atoms with Gasteiger partial charge in [0.15, 0.2) is 6.33 Å². The van der Waals surface area contributed by atoms with Crippen molar-refractivity contribution >= 4 is 16.9 Å². The molecule has 4 aliphatic rings. The fourth-order valence-electron chi connectivity index (χ4n) is 6.80. The number of carbonyl (C=O) groups excluding carboxylic acids is 1. The molecule has 0 aliphatic heterocycles. The van der Waals surface area contributed by atoms with Crippen molar-refractivity contribution < 1.29 is 4.79 Å².